The summed E-state index contributed by atoms with van der Waals surface area (Å²) in [6.07, 6.45) is 1.41. The molecule has 2 aliphatic rings. The van der Waals surface area contributed by atoms with E-state index in [0.717, 1.165) is 34.4 Å². The van der Waals surface area contributed by atoms with Crippen LogP contribution >= 0.6 is 15.9 Å². The van der Waals surface area contributed by atoms with Gasteiger partial charge >= 0.3 is 0 Å². The van der Waals surface area contributed by atoms with Crippen molar-refractivity contribution in [3.05, 3.63) is 22.2 Å². The molecule has 3 nitrogen and oxygen atoms in total. The lowest BCUT2D eigenvalue weighted by molar-refractivity contribution is -0.117. The van der Waals surface area contributed by atoms with Gasteiger partial charge in [-0.2, -0.15) is 0 Å². The van der Waals surface area contributed by atoms with E-state index in [4.69, 9.17) is 4.74 Å². The first-order valence-electron chi connectivity index (χ1n) is 5.01. The molecule has 0 aliphatic carbocycles. The Morgan fingerprint density at radius 2 is 2.27 bits per heavy atom. The van der Waals surface area contributed by atoms with Gasteiger partial charge in [0.1, 0.15) is 5.75 Å². The predicted octanol–water partition coefficient (Wildman–Crippen LogP) is 2.12. The number of halogens is 1. The SMILES string of the molecule is O=C1Cc2cc(Br)cc3c2N1CCCO3. The molecule has 1 amide bonds. The second-order valence-corrected chi connectivity index (χ2v) is 4.75. The Balaban J connectivity index is 2.22. The highest BCUT2D eigenvalue weighted by atomic mass is 79.9. The van der Waals surface area contributed by atoms with Crippen molar-refractivity contribution in [3.63, 3.8) is 0 Å². The van der Waals surface area contributed by atoms with Crippen LogP contribution in [-0.4, -0.2) is 19.1 Å². The minimum absolute atomic E-state index is 0.190. The van der Waals surface area contributed by atoms with Crippen molar-refractivity contribution < 1.29 is 9.53 Å². The zero-order chi connectivity index (χ0) is 10.4. The third-order valence-electron chi connectivity index (χ3n) is 2.81. The Labute approximate surface area is 96.1 Å². The molecule has 0 unspecified atom stereocenters. The van der Waals surface area contributed by atoms with Gasteiger partial charge in [0.15, 0.2) is 0 Å². The van der Waals surface area contributed by atoms with Crippen LogP contribution in [0.1, 0.15) is 12.0 Å². The Morgan fingerprint density at radius 1 is 1.40 bits per heavy atom. The summed E-state index contributed by atoms with van der Waals surface area (Å²) in [7, 11) is 0. The van der Waals surface area contributed by atoms with Gasteiger partial charge in [-0.05, 0) is 24.1 Å². The highest BCUT2D eigenvalue weighted by molar-refractivity contribution is 9.10. The molecule has 0 radical (unpaired) electrons. The van der Waals surface area contributed by atoms with Crippen LogP contribution in [0, 0.1) is 0 Å². The molecule has 4 heteroatoms. The minimum atomic E-state index is 0.190. The number of amides is 1. The van der Waals surface area contributed by atoms with E-state index in [1.165, 1.54) is 0 Å². The lowest BCUT2D eigenvalue weighted by atomic mass is 10.1. The average molecular weight is 268 g/mol. The molecule has 15 heavy (non-hydrogen) atoms. The normalized spacial score (nSPS) is 18.5. The first-order valence-corrected chi connectivity index (χ1v) is 5.80. The molecule has 3 rings (SSSR count). The fourth-order valence-corrected chi connectivity index (χ4v) is 2.69. The van der Waals surface area contributed by atoms with E-state index < -0.39 is 0 Å². The van der Waals surface area contributed by atoms with Gasteiger partial charge < -0.3 is 9.64 Å². The van der Waals surface area contributed by atoms with Crippen molar-refractivity contribution in [2.75, 3.05) is 18.1 Å². The van der Waals surface area contributed by atoms with Gasteiger partial charge in [-0.25, -0.2) is 0 Å². The number of ether oxygens (including phenoxy) is 1. The van der Waals surface area contributed by atoms with Gasteiger partial charge in [0.25, 0.3) is 0 Å². The van der Waals surface area contributed by atoms with Gasteiger partial charge in [-0.1, -0.05) is 15.9 Å². The van der Waals surface area contributed by atoms with E-state index in [1.54, 1.807) is 0 Å². The van der Waals surface area contributed by atoms with Crippen LogP contribution in [0.25, 0.3) is 0 Å². The minimum Gasteiger partial charge on any atom is -0.491 e. The topological polar surface area (TPSA) is 29.5 Å². The number of rotatable bonds is 0. The monoisotopic (exact) mass is 267 g/mol. The molecule has 0 fully saturated rings. The number of hydrogen-bond acceptors (Lipinski definition) is 2. The summed E-state index contributed by atoms with van der Waals surface area (Å²) >= 11 is 3.44. The van der Waals surface area contributed by atoms with E-state index in [2.05, 4.69) is 15.9 Å². The largest absolute Gasteiger partial charge is 0.491 e. The molecule has 2 aliphatic heterocycles. The molecule has 1 aromatic rings. The Kier molecular flexibility index (Phi) is 1.99. The summed E-state index contributed by atoms with van der Waals surface area (Å²) in [4.78, 5) is 13.6. The van der Waals surface area contributed by atoms with Crippen LogP contribution < -0.4 is 9.64 Å². The second kappa shape index (κ2) is 3.23. The van der Waals surface area contributed by atoms with E-state index in [9.17, 15) is 4.79 Å². The second-order valence-electron chi connectivity index (χ2n) is 3.84. The predicted molar refractivity (Wildman–Crippen MR) is 60.3 cm³/mol. The summed E-state index contributed by atoms with van der Waals surface area (Å²) in [5, 5.41) is 0. The number of anilines is 1. The van der Waals surface area contributed by atoms with Crippen LogP contribution in [0.2, 0.25) is 0 Å². The number of carbonyl (C=O) groups excluding carboxylic acids is 1. The van der Waals surface area contributed by atoms with Gasteiger partial charge in [0.2, 0.25) is 5.91 Å². The first kappa shape index (κ1) is 9.21. The van der Waals surface area contributed by atoms with E-state index >= 15 is 0 Å². The van der Waals surface area contributed by atoms with Crippen molar-refractivity contribution in [1.29, 1.82) is 0 Å². The molecular formula is C11H10BrNO2. The van der Waals surface area contributed by atoms with Gasteiger partial charge in [0, 0.05) is 11.0 Å². The van der Waals surface area contributed by atoms with Crippen molar-refractivity contribution in [2.24, 2.45) is 0 Å². The summed E-state index contributed by atoms with van der Waals surface area (Å²) in [6, 6.07) is 3.95. The fraction of sp³-hybridized carbons (Fsp3) is 0.364. The maximum atomic E-state index is 11.8. The number of hydrogen-bond donors (Lipinski definition) is 0. The Morgan fingerprint density at radius 3 is 3.13 bits per heavy atom. The fourth-order valence-electron chi connectivity index (χ4n) is 2.20. The smallest absolute Gasteiger partial charge is 0.231 e. The number of benzene rings is 1. The molecule has 0 atom stereocenters. The number of nitrogens with zero attached hydrogens (tertiary/aromatic N) is 1. The molecule has 0 aromatic heterocycles. The summed E-state index contributed by atoms with van der Waals surface area (Å²) in [6.45, 7) is 1.47. The van der Waals surface area contributed by atoms with E-state index in [-0.39, 0.29) is 5.91 Å². The Bertz CT molecular complexity index is 444. The maximum absolute atomic E-state index is 11.8. The van der Waals surface area contributed by atoms with Crippen LogP contribution in [0.15, 0.2) is 16.6 Å². The van der Waals surface area contributed by atoms with Gasteiger partial charge in [0.05, 0.1) is 18.7 Å². The molecule has 1 aromatic carbocycles. The lowest BCUT2D eigenvalue weighted by Crippen LogP contribution is -2.27. The molecule has 0 spiro atoms. The van der Waals surface area contributed by atoms with E-state index in [1.807, 2.05) is 17.0 Å². The molecule has 0 saturated heterocycles. The maximum Gasteiger partial charge on any atom is 0.231 e. The molecular weight excluding hydrogens is 258 g/mol. The third kappa shape index (κ3) is 1.35. The highest BCUT2D eigenvalue weighted by Gasteiger charge is 2.32. The third-order valence-corrected chi connectivity index (χ3v) is 3.27. The van der Waals surface area contributed by atoms with Crippen LogP contribution in [0.3, 0.4) is 0 Å². The quantitative estimate of drug-likeness (QED) is 0.721. The molecule has 2 heterocycles. The van der Waals surface area contributed by atoms with Crippen molar-refractivity contribution >= 4 is 27.5 Å². The summed E-state index contributed by atoms with van der Waals surface area (Å²) in [5.41, 5.74) is 2.06. The van der Waals surface area contributed by atoms with Gasteiger partial charge in [-0.3, -0.25) is 4.79 Å². The number of carbonyl (C=O) groups is 1. The Hall–Kier alpha value is -1.03. The van der Waals surface area contributed by atoms with Gasteiger partial charge in [-0.15, -0.1) is 0 Å². The summed E-state index contributed by atoms with van der Waals surface area (Å²) < 4.78 is 6.62. The van der Waals surface area contributed by atoms with Crippen LogP contribution in [0.4, 0.5) is 5.69 Å². The molecule has 0 N–H and O–H groups in total. The lowest BCUT2D eigenvalue weighted by Gasteiger charge is -2.15. The zero-order valence-electron chi connectivity index (χ0n) is 8.12. The molecule has 0 saturated carbocycles. The van der Waals surface area contributed by atoms with Crippen molar-refractivity contribution in [2.45, 2.75) is 12.8 Å². The van der Waals surface area contributed by atoms with Crippen LogP contribution in [0.5, 0.6) is 5.75 Å². The zero-order valence-corrected chi connectivity index (χ0v) is 9.71. The first-order chi connectivity index (χ1) is 7.25. The average Bonchev–Trinajstić information content (AvgIpc) is 2.39. The van der Waals surface area contributed by atoms with E-state index in [0.29, 0.717) is 13.0 Å². The highest BCUT2D eigenvalue weighted by Crippen LogP contribution is 2.41. The summed E-state index contributed by atoms with van der Waals surface area (Å²) in [5.74, 6) is 1.03. The van der Waals surface area contributed by atoms with Crippen LogP contribution in [-0.2, 0) is 11.2 Å². The standard InChI is InChI=1S/C11H10BrNO2/c12-8-4-7-5-10(14)13-2-1-3-15-9(6-8)11(7)13/h4,6H,1-3,5H2. The van der Waals surface area contributed by atoms with Crippen molar-refractivity contribution in [3.8, 4) is 5.75 Å². The molecule has 0 bridgehead atoms. The molecule has 78 valence electrons. The van der Waals surface area contributed by atoms with Crippen molar-refractivity contribution in [1.82, 2.24) is 0 Å².